The summed E-state index contributed by atoms with van der Waals surface area (Å²) in [5, 5.41) is 5.02. The SMILES string of the molecule is CC(C)c1c2c[c]cc(F)c2nn1C. The summed E-state index contributed by atoms with van der Waals surface area (Å²) in [7, 11) is 1.84. The van der Waals surface area contributed by atoms with Gasteiger partial charge in [0.2, 0.25) is 0 Å². The molecule has 0 amide bonds. The number of hydrogen-bond acceptors (Lipinski definition) is 1. The van der Waals surface area contributed by atoms with Gasteiger partial charge in [-0.25, -0.2) is 4.39 Å². The molecule has 2 aromatic rings. The van der Waals surface area contributed by atoms with Crippen LogP contribution in [0.25, 0.3) is 10.9 Å². The van der Waals surface area contributed by atoms with Gasteiger partial charge in [0.15, 0.2) is 5.82 Å². The fourth-order valence-corrected chi connectivity index (χ4v) is 1.82. The molecule has 0 fully saturated rings. The van der Waals surface area contributed by atoms with Crippen molar-refractivity contribution in [2.45, 2.75) is 19.8 Å². The molecule has 14 heavy (non-hydrogen) atoms. The molecule has 2 rings (SSSR count). The summed E-state index contributed by atoms with van der Waals surface area (Å²) < 4.78 is 15.1. The summed E-state index contributed by atoms with van der Waals surface area (Å²) in [5.74, 6) is 0.0326. The van der Waals surface area contributed by atoms with Gasteiger partial charge in [-0.2, -0.15) is 5.10 Å². The number of hydrogen-bond donors (Lipinski definition) is 0. The molecule has 0 atom stereocenters. The third kappa shape index (κ3) is 1.20. The molecule has 1 radical (unpaired) electrons. The highest BCUT2D eigenvalue weighted by Crippen LogP contribution is 2.25. The van der Waals surface area contributed by atoms with Crippen LogP contribution in [0.2, 0.25) is 0 Å². The van der Waals surface area contributed by atoms with Gasteiger partial charge < -0.3 is 0 Å². The van der Waals surface area contributed by atoms with Crippen LogP contribution in [-0.4, -0.2) is 9.78 Å². The number of rotatable bonds is 1. The van der Waals surface area contributed by atoms with E-state index in [2.05, 4.69) is 25.0 Å². The highest BCUT2D eigenvalue weighted by atomic mass is 19.1. The second-order valence-corrected chi connectivity index (χ2v) is 3.73. The predicted molar refractivity (Wildman–Crippen MR) is 53.6 cm³/mol. The second-order valence-electron chi connectivity index (χ2n) is 3.73. The lowest BCUT2D eigenvalue weighted by atomic mass is 10.1. The lowest BCUT2D eigenvalue weighted by Crippen LogP contribution is -1.99. The lowest BCUT2D eigenvalue weighted by molar-refractivity contribution is 0.628. The van der Waals surface area contributed by atoms with Crippen LogP contribution in [0.3, 0.4) is 0 Å². The van der Waals surface area contributed by atoms with Crippen molar-refractivity contribution in [2.75, 3.05) is 0 Å². The number of nitrogens with zero attached hydrogens (tertiary/aromatic N) is 2. The summed E-state index contributed by atoms with van der Waals surface area (Å²) >= 11 is 0. The van der Waals surface area contributed by atoms with E-state index in [4.69, 9.17) is 0 Å². The molecule has 3 heteroatoms. The van der Waals surface area contributed by atoms with Crippen molar-refractivity contribution in [1.82, 2.24) is 9.78 Å². The molecule has 0 saturated carbocycles. The highest BCUT2D eigenvalue weighted by molar-refractivity contribution is 5.82. The van der Waals surface area contributed by atoms with Gasteiger partial charge in [0.25, 0.3) is 0 Å². The van der Waals surface area contributed by atoms with Crippen LogP contribution in [0.1, 0.15) is 25.5 Å². The Hall–Kier alpha value is -1.38. The largest absolute Gasteiger partial charge is 0.271 e. The van der Waals surface area contributed by atoms with Crippen molar-refractivity contribution in [3.8, 4) is 0 Å². The Morgan fingerprint density at radius 1 is 1.43 bits per heavy atom. The minimum Gasteiger partial charge on any atom is -0.271 e. The molecule has 0 aliphatic heterocycles. The van der Waals surface area contributed by atoms with Gasteiger partial charge in [-0.3, -0.25) is 4.68 Å². The van der Waals surface area contributed by atoms with E-state index in [0.29, 0.717) is 11.4 Å². The van der Waals surface area contributed by atoms with E-state index in [9.17, 15) is 4.39 Å². The third-order valence-electron chi connectivity index (χ3n) is 2.34. The van der Waals surface area contributed by atoms with E-state index < -0.39 is 0 Å². The Morgan fingerprint density at radius 3 is 2.79 bits per heavy atom. The second kappa shape index (κ2) is 3.08. The van der Waals surface area contributed by atoms with Crippen LogP contribution >= 0.6 is 0 Å². The van der Waals surface area contributed by atoms with Crippen molar-refractivity contribution in [1.29, 1.82) is 0 Å². The maximum Gasteiger partial charge on any atom is 0.151 e. The van der Waals surface area contributed by atoms with Crippen molar-refractivity contribution < 1.29 is 4.39 Å². The van der Waals surface area contributed by atoms with E-state index in [1.807, 2.05) is 7.05 Å². The molecular formula is C11H12FN2. The topological polar surface area (TPSA) is 17.8 Å². The Labute approximate surface area is 82.3 Å². The van der Waals surface area contributed by atoms with E-state index in [-0.39, 0.29) is 5.82 Å². The molecular weight excluding hydrogens is 179 g/mol. The fraction of sp³-hybridized carbons (Fsp3) is 0.364. The van der Waals surface area contributed by atoms with Crippen molar-refractivity contribution >= 4 is 10.9 Å². The Bertz CT molecular complexity index is 471. The van der Waals surface area contributed by atoms with Crippen LogP contribution < -0.4 is 0 Å². The predicted octanol–water partition coefficient (Wildman–Crippen LogP) is 2.64. The maximum absolute atomic E-state index is 13.3. The third-order valence-corrected chi connectivity index (χ3v) is 2.34. The molecule has 0 unspecified atom stereocenters. The molecule has 0 saturated heterocycles. The van der Waals surface area contributed by atoms with Gasteiger partial charge in [-0.15, -0.1) is 0 Å². The van der Waals surface area contributed by atoms with Gasteiger partial charge in [-0.05, 0) is 24.1 Å². The molecule has 2 nitrogen and oxygen atoms in total. The Balaban J connectivity index is 2.83. The average molecular weight is 191 g/mol. The number of halogens is 1. The summed E-state index contributed by atoms with van der Waals surface area (Å²) in [6.45, 7) is 4.14. The normalized spacial score (nSPS) is 11.5. The average Bonchev–Trinajstić information content (AvgIpc) is 2.42. The number of benzene rings is 1. The molecule has 0 spiro atoms. The summed E-state index contributed by atoms with van der Waals surface area (Å²) in [5.41, 5.74) is 1.49. The molecule has 0 bridgehead atoms. The van der Waals surface area contributed by atoms with Gasteiger partial charge in [0.05, 0.1) is 0 Å². The van der Waals surface area contributed by atoms with Crippen molar-refractivity contribution in [3.63, 3.8) is 0 Å². The van der Waals surface area contributed by atoms with Crippen molar-refractivity contribution in [3.05, 3.63) is 29.7 Å². The summed E-state index contributed by atoms with van der Waals surface area (Å²) in [4.78, 5) is 0. The first kappa shape index (κ1) is 9.19. The Morgan fingerprint density at radius 2 is 2.14 bits per heavy atom. The number of fused-ring (bicyclic) bond motifs is 1. The van der Waals surface area contributed by atoms with E-state index >= 15 is 0 Å². The lowest BCUT2D eigenvalue weighted by Gasteiger charge is -2.05. The van der Waals surface area contributed by atoms with Crippen LogP contribution in [0.5, 0.6) is 0 Å². The zero-order valence-electron chi connectivity index (χ0n) is 8.50. The molecule has 0 aliphatic rings. The minimum absolute atomic E-state index is 0.301. The van der Waals surface area contributed by atoms with E-state index in [0.717, 1.165) is 11.1 Å². The molecule has 73 valence electrons. The van der Waals surface area contributed by atoms with Gasteiger partial charge in [0, 0.05) is 18.1 Å². The van der Waals surface area contributed by atoms with Crippen LogP contribution in [-0.2, 0) is 7.05 Å². The maximum atomic E-state index is 13.3. The van der Waals surface area contributed by atoms with Gasteiger partial charge >= 0.3 is 0 Å². The standard InChI is InChI=1S/C11H12FN2/c1-7(2)11-8-5-4-6-9(12)10(8)13-14(11)3/h5-7H,1-3H3. The zero-order chi connectivity index (χ0) is 10.3. The minimum atomic E-state index is -0.301. The quantitative estimate of drug-likeness (QED) is 0.677. The molecule has 0 aliphatic carbocycles. The van der Waals surface area contributed by atoms with Crippen LogP contribution in [0.15, 0.2) is 12.1 Å². The number of aromatic nitrogens is 2. The Kier molecular flexibility index (Phi) is 2.02. The number of aryl methyl sites for hydroxylation is 1. The van der Waals surface area contributed by atoms with Gasteiger partial charge in [0.1, 0.15) is 5.52 Å². The van der Waals surface area contributed by atoms with Crippen LogP contribution in [0, 0.1) is 11.9 Å². The molecule has 1 heterocycles. The first-order chi connectivity index (χ1) is 6.61. The van der Waals surface area contributed by atoms with Gasteiger partial charge in [-0.1, -0.05) is 13.8 Å². The summed E-state index contributed by atoms with van der Waals surface area (Å²) in [6, 6.07) is 5.90. The molecule has 1 aromatic heterocycles. The van der Waals surface area contributed by atoms with E-state index in [1.165, 1.54) is 6.07 Å². The summed E-state index contributed by atoms with van der Waals surface area (Å²) in [6.07, 6.45) is 0. The fourth-order valence-electron chi connectivity index (χ4n) is 1.82. The highest BCUT2D eigenvalue weighted by Gasteiger charge is 2.14. The molecule has 0 N–H and O–H groups in total. The first-order valence-electron chi connectivity index (χ1n) is 4.63. The van der Waals surface area contributed by atoms with E-state index in [1.54, 1.807) is 10.7 Å². The molecule has 1 aromatic carbocycles. The van der Waals surface area contributed by atoms with Crippen molar-refractivity contribution in [2.24, 2.45) is 7.05 Å². The van der Waals surface area contributed by atoms with Crippen LogP contribution in [0.4, 0.5) is 4.39 Å². The monoisotopic (exact) mass is 191 g/mol. The first-order valence-corrected chi connectivity index (χ1v) is 4.63. The smallest absolute Gasteiger partial charge is 0.151 e. The zero-order valence-corrected chi connectivity index (χ0v) is 8.50.